The molecule has 0 spiro atoms. The fourth-order valence-electron chi connectivity index (χ4n) is 1.63. The fourth-order valence-corrected chi connectivity index (χ4v) is 2.03. The van der Waals surface area contributed by atoms with E-state index in [1.165, 1.54) is 6.07 Å². The summed E-state index contributed by atoms with van der Waals surface area (Å²) in [6, 6.07) is 5.06. The van der Waals surface area contributed by atoms with Crippen LogP contribution < -0.4 is 5.32 Å². The van der Waals surface area contributed by atoms with E-state index in [-0.39, 0.29) is 5.82 Å². The van der Waals surface area contributed by atoms with Crippen LogP contribution >= 0.6 is 15.9 Å². The highest BCUT2D eigenvalue weighted by atomic mass is 79.9. The van der Waals surface area contributed by atoms with Crippen LogP contribution in [0.2, 0.25) is 0 Å². The van der Waals surface area contributed by atoms with Crippen molar-refractivity contribution < 1.29 is 4.39 Å². The summed E-state index contributed by atoms with van der Waals surface area (Å²) in [5, 5.41) is 10.9. The second kappa shape index (κ2) is 6.61. The van der Waals surface area contributed by atoms with Crippen LogP contribution in [-0.2, 0) is 13.1 Å². The summed E-state index contributed by atoms with van der Waals surface area (Å²) >= 11 is 3.24. The van der Waals surface area contributed by atoms with Crippen molar-refractivity contribution in [2.24, 2.45) is 0 Å². The number of halogens is 2. The van der Waals surface area contributed by atoms with E-state index in [0.29, 0.717) is 11.0 Å². The number of hydrogen-bond acceptors (Lipinski definition) is 3. The van der Waals surface area contributed by atoms with Gasteiger partial charge in [-0.3, -0.25) is 4.68 Å². The van der Waals surface area contributed by atoms with Crippen LogP contribution in [0.25, 0.3) is 0 Å². The molecule has 1 aromatic heterocycles. The quantitative estimate of drug-likeness (QED) is 0.833. The van der Waals surface area contributed by atoms with Gasteiger partial charge in [0.2, 0.25) is 0 Å². The third-order valence-corrected chi connectivity index (χ3v) is 3.45. The predicted molar refractivity (Wildman–Crippen MR) is 70.4 cm³/mol. The minimum Gasteiger partial charge on any atom is -0.313 e. The highest BCUT2D eigenvalue weighted by molar-refractivity contribution is 9.10. The predicted octanol–water partition coefficient (Wildman–Crippen LogP) is 2.36. The van der Waals surface area contributed by atoms with E-state index in [9.17, 15) is 4.39 Å². The topological polar surface area (TPSA) is 42.7 Å². The van der Waals surface area contributed by atoms with Crippen LogP contribution in [0.5, 0.6) is 0 Å². The maximum Gasteiger partial charge on any atom is 0.137 e. The maximum atomic E-state index is 13.2. The summed E-state index contributed by atoms with van der Waals surface area (Å²) in [5.41, 5.74) is 0.927. The van der Waals surface area contributed by atoms with Gasteiger partial charge in [0.25, 0.3) is 0 Å². The van der Waals surface area contributed by atoms with Gasteiger partial charge in [-0.25, -0.2) is 4.39 Å². The van der Waals surface area contributed by atoms with Crippen molar-refractivity contribution in [3.8, 4) is 0 Å². The average Bonchev–Trinajstić information content (AvgIpc) is 2.87. The SMILES string of the molecule is Fc1cccc(CNCCCn2ccnn2)c1Br. The van der Waals surface area contributed by atoms with Gasteiger partial charge in [0, 0.05) is 19.3 Å². The molecule has 4 nitrogen and oxygen atoms in total. The minimum atomic E-state index is -0.225. The van der Waals surface area contributed by atoms with Crippen molar-refractivity contribution in [1.29, 1.82) is 0 Å². The molecule has 0 aliphatic rings. The molecule has 1 heterocycles. The van der Waals surface area contributed by atoms with Gasteiger partial charge >= 0.3 is 0 Å². The van der Waals surface area contributed by atoms with Gasteiger partial charge in [-0.15, -0.1) is 5.10 Å². The van der Waals surface area contributed by atoms with E-state index in [1.54, 1.807) is 16.9 Å². The lowest BCUT2D eigenvalue weighted by molar-refractivity contribution is 0.529. The van der Waals surface area contributed by atoms with Crippen LogP contribution in [0, 0.1) is 5.82 Å². The Kier molecular flexibility index (Phi) is 4.83. The molecule has 0 amide bonds. The number of nitrogens with zero attached hydrogens (tertiary/aromatic N) is 3. The Balaban J connectivity index is 1.70. The molecule has 0 saturated heterocycles. The van der Waals surface area contributed by atoms with E-state index in [2.05, 4.69) is 31.6 Å². The van der Waals surface area contributed by atoms with Gasteiger partial charge in [-0.1, -0.05) is 17.3 Å². The van der Waals surface area contributed by atoms with E-state index in [1.807, 2.05) is 12.3 Å². The molecule has 1 N–H and O–H groups in total. The monoisotopic (exact) mass is 312 g/mol. The molecule has 18 heavy (non-hydrogen) atoms. The highest BCUT2D eigenvalue weighted by Gasteiger charge is 2.03. The third-order valence-electron chi connectivity index (χ3n) is 2.56. The largest absolute Gasteiger partial charge is 0.313 e. The van der Waals surface area contributed by atoms with Crippen LogP contribution in [0.15, 0.2) is 35.1 Å². The number of rotatable bonds is 6. The highest BCUT2D eigenvalue weighted by Crippen LogP contribution is 2.19. The van der Waals surface area contributed by atoms with Crippen molar-refractivity contribution >= 4 is 15.9 Å². The number of aromatic nitrogens is 3. The molecule has 0 unspecified atom stereocenters. The Morgan fingerprint density at radius 2 is 2.28 bits per heavy atom. The standard InChI is InChI=1S/C12H14BrFN4/c13-12-10(3-1-4-11(12)14)9-15-5-2-7-18-8-6-16-17-18/h1,3-4,6,8,15H,2,5,7,9H2. The van der Waals surface area contributed by atoms with Crippen molar-refractivity contribution in [2.45, 2.75) is 19.5 Å². The molecule has 0 fully saturated rings. The zero-order valence-electron chi connectivity index (χ0n) is 9.81. The zero-order valence-corrected chi connectivity index (χ0v) is 11.4. The van der Waals surface area contributed by atoms with Crippen molar-refractivity contribution in [2.75, 3.05) is 6.54 Å². The molecule has 0 aliphatic carbocycles. The van der Waals surface area contributed by atoms with Crippen molar-refractivity contribution in [3.05, 3.63) is 46.4 Å². The van der Waals surface area contributed by atoms with E-state index in [4.69, 9.17) is 0 Å². The first-order valence-corrected chi connectivity index (χ1v) is 6.54. The van der Waals surface area contributed by atoms with Gasteiger partial charge in [0.1, 0.15) is 5.82 Å². The van der Waals surface area contributed by atoms with Gasteiger partial charge in [0.05, 0.1) is 10.7 Å². The second-order valence-corrected chi connectivity index (χ2v) is 4.70. The van der Waals surface area contributed by atoms with Crippen LogP contribution in [0.4, 0.5) is 4.39 Å². The summed E-state index contributed by atoms with van der Waals surface area (Å²) in [6.45, 7) is 2.33. The van der Waals surface area contributed by atoms with Gasteiger partial charge < -0.3 is 5.32 Å². The van der Waals surface area contributed by atoms with Crippen LogP contribution in [0.1, 0.15) is 12.0 Å². The second-order valence-electron chi connectivity index (χ2n) is 3.91. The lowest BCUT2D eigenvalue weighted by atomic mass is 10.2. The molecule has 96 valence electrons. The van der Waals surface area contributed by atoms with Crippen molar-refractivity contribution in [3.63, 3.8) is 0 Å². The van der Waals surface area contributed by atoms with Gasteiger partial charge in [0.15, 0.2) is 0 Å². The number of nitrogens with one attached hydrogen (secondary N) is 1. The molecule has 0 radical (unpaired) electrons. The molecule has 2 aromatic rings. The smallest absolute Gasteiger partial charge is 0.137 e. The maximum absolute atomic E-state index is 13.2. The molecule has 0 aliphatic heterocycles. The number of aryl methyl sites for hydroxylation is 1. The van der Waals surface area contributed by atoms with Gasteiger partial charge in [-0.05, 0) is 40.5 Å². The first-order valence-electron chi connectivity index (χ1n) is 5.75. The first-order chi connectivity index (χ1) is 8.77. The average molecular weight is 313 g/mol. The minimum absolute atomic E-state index is 0.225. The molecule has 0 saturated carbocycles. The molecule has 2 rings (SSSR count). The van der Waals surface area contributed by atoms with E-state index >= 15 is 0 Å². The lowest BCUT2D eigenvalue weighted by Crippen LogP contribution is -2.17. The normalized spacial score (nSPS) is 10.8. The molecule has 1 aromatic carbocycles. The van der Waals surface area contributed by atoms with Crippen LogP contribution in [0.3, 0.4) is 0 Å². The zero-order chi connectivity index (χ0) is 12.8. The summed E-state index contributed by atoms with van der Waals surface area (Å²) in [7, 11) is 0. The lowest BCUT2D eigenvalue weighted by Gasteiger charge is -2.07. The Bertz CT molecular complexity index is 487. The number of benzene rings is 1. The first kappa shape index (κ1) is 13.2. The molecule has 0 bridgehead atoms. The molecular formula is C12H14BrFN4. The number of hydrogen-bond donors (Lipinski definition) is 1. The fraction of sp³-hybridized carbons (Fsp3) is 0.333. The van der Waals surface area contributed by atoms with E-state index in [0.717, 1.165) is 25.1 Å². The Hall–Kier alpha value is -1.27. The van der Waals surface area contributed by atoms with E-state index < -0.39 is 0 Å². The Labute approximate surface area is 113 Å². The molecule has 6 heteroatoms. The summed E-state index contributed by atoms with van der Waals surface area (Å²) in [6.07, 6.45) is 4.46. The van der Waals surface area contributed by atoms with Crippen LogP contribution in [-0.4, -0.2) is 21.5 Å². The molecule has 0 atom stereocenters. The Morgan fingerprint density at radius 3 is 3.06 bits per heavy atom. The third kappa shape index (κ3) is 3.61. The molecular weight excluding hydrogens is 299 g/mol. The summed E-state index contributed by atoms with van der Waals surface area (Å²) in [4.78, 5) is 0. The van der Waals surface area contributed by atoms with Gasteiger partial charge in [-0.2, -0.15) is 0 Å². The van der Waals surface area contributed by atoms with Crippen molar-refractivity contribution in [1.82, 2.24) is 20.3 Å². The summed E-state index contributed by atoms with van der Waals surface area (Å²) < 4.78 is 15.6. The summed E-state index contributed by atoms with van der Waals surface area (Å²) in [5.74, 6) is -0.225. The Morgan fingerprint density at radius 1 is 1.39 bits per heavy atom.